The summed E-state index contributed by atoms with van der Waals surface area (Å²) in [6, 6.07) is 2.20. The monoisotopic (exact) mass is 286 g/mol. The third kappa shape index (κ3) is 3.15. The van der Waals surface area contributed by atoms with Crippen molar-refractivity contribution in [3.05, 3.63) is 35.1 Å². The summed E-state index contributed by atoms with van der Waals surface area (Å²) in [4.78, 5) is 2.22. The largest absolute Gasteiger partial charge is 0.314 e. The van der Waals surface area contributed by atoms with Crippen molar-refractivity contribution >= 4 is 0 Å². The highest BCUT2D eigenvalue weighted by atomic mass is 19.2. The average Bonchev–Trinajstić information content (AvgIpc) is 2.46. The molecule has 1 aliphatic rings. The van der Waals surface area contributed by atoms with Gasteiger partial charge in [0.15, 0.2) is 17.5 Å². The van der Waals surface area contributed by atoms with Gasteiger partial charge in [0.1, 0.15) is 0 Å². The number of hydrogen-bond donors (Lipinski definition) is 1. The lowest BCUT2D eigenvalue weighted by molar-refractivity contribution is 0.128. The summed E-state index contributed by atoms with van der Waals surface area (Å²) in [5.74, 6) is -3.36. The van der Waals surface area contributed by atoms with Crippen LogP contribution in [0.25, 0.3) is 0 Å². The first kappa shape index (κ1) is 15.3. The summed E-state index contributed by atoms with van der Waals surface area (Å²) >= 11 is 0. The number of nitrogens with zero attached hydrogens (tertiary/aromatic N) is 1. The van der Waals surface area contributed by atoms with Gasteiger partial charge in [-0.15, -0.1) is 0 Å². The molecule has 2 atom stereocenters. The van der Waals surface area contributed by atoms with E-state index < -0.39 is 17.5 Å². The van der Waals surface area contributed by atoms with Crippen molar-refractivity contribution in [3.8, 4) is 0 Å². The van der Waals surface area contributed by atoms with E-state index in [-0.39, 0.29) is 12.0 Å². The van der Waals surface area contributed by atoms with Gasteiger partial charge in [0.05, 0.1) is 0 Å². The molecule has 1 unspecified atom stereocenters. The van der Waals surface area contributed by atoms with Crippen LogP contribution < -0.4 is 5.32 Å². The van der Waals surface area contributed by atoms with Crippen LogP contribution in [0.15, 0.2) is 12.1 Å². The fourth-order valence-corrected chi connectivity index (χ4v) is 2.83. The predicted molar refractivity (Wildman–Crippen MR) is 73.0 cm³/mol. The summed E-state index contributed by atoms with van der Waals surface area (Å²) in [6.07, 6.45) is 0.898. The third-order valence-electron chi connectivity index (χ3n) is 4.08. The Morgan fingerprint density at radius 3 is 2.20 bits per heavy atom. The van der Waals surface area contributed by atoms with Gasteiger partial charge in [-0.2, -0.15) is 0 Å². The first-order valence-corrected chi connectivity index (χ1v) is 7.13. The Labute approximate surface area is 118 Å². The molecule has 1 saturated heterocycles. The molecule has 0 saturated carbocycles. The van der Waals surface area contributed by atoms with Gasteiger partial charge in [0.25, 0.3) is 0 Å². The molecule has 5 heteroatoms. The number of hydrogen-bond acceptors (Lipinski definition) is 2. The first-order chi connectivity index (χ1) is 9.54. The van der Waals surface area contributed by atoms with Crippen LogP contribution in [0.1, 0.15) is 31.9 Å². The minimum Gasteiger partial charge on any atom is -0.314 e. The van der Waals surface area contributed by atoms with E-state index in [9.17, 15) is 13.2 Å². The molecule has 0 aliphatic carbocycles. The Bertz CT molecular complexity index is 435. The van der Waals surface area contributed by atoms with Crippen LogP contribution in [0.5, 0.6) is 0 Å². The maximum absolute atomic E-state index is 13.5. The molecule has 20 heavy (non-hydrogen) atoms. The van der Waals surface area contributed by atoms with E-state index in [0.29, 0.717) is 5.56 Å². The van der Waals surface area contributed by atoms with Crippen LogP contribution in [0.3, 0.4) is 0 Å². The second-order valence-corrected chi connectivity index (χ2v) is 5.41. The second-order valence-electron chi connectivity index (χ2n) is 5.41. The Morgan fingerprint density at radius 1 is 1.15 bits per heavy atom. The molecule has 1 N–H and O–H groups in total. The van der Waals surface area contributed by atoms with Gasteiger partial charge in [-0.3, -0.25) is 4.90 Å². The van der Waals surface area contributed by atoms with E-state index in [4.69, 9.17) is 0 Å². The van der Waals surface area contributed by atoms with E-state index in [2.05, 4.69) is 24.1 Å². The van der Waals surface area contributed by atoms with Crippen molar-refractivity contribution in [1.29, 1.82) is 0 Å². The van der Waals surface area contributed by atoms with Crippen molar-refractivity contribution < 1.29 is 13.2 Å². The zero-order valence-corrected chi connectivity index (χ0v) is 11.9. The molecular weight excluding hydrogens is 265 g/mol. The molecule has 0 bridgehead atoms. The van der Waals surface area contributed by atoms with Gasteiger partial charge in [-0.05, 0) is 23.6 Å². The molecule has 1 fully saturated rings. The Kier molecular flexibility index (Phi) is 5.05. The van der Waals surface area contributed by atoms with Crippen LogP contribution in [-0.2, 0) is 0 Å². The molecule has 2 rings (SSSR count). The van der Waals surface area contributed by atoms with E-state index >= 15 is 0 Å². The molecule has 1 aromatic carbocycles. The van der Waals surface area contributed by atoms with Gasteiger partial charge < -0.3 is 5.32 Å². The lowest BCUT2D eigenvalue weighted by atomic mass is 9.90. The third-order valence-corrected chi connectivity index (χ3v) is 4.08. The fourth-order valence-electron chi connectivity index (χ4n) is 2.83. The molecule has 0 aromatic heterocycles. The zero-order chi connectivity index (χ0) is 14.7. The Morgan fingerprint density at radius 2 is 1.70 bits per heavy atom. The van der Waals surface area contributed by atoms with Crippen LogP contribution in [-0.4, -0.2) is 31.1 Å². The highest BCUT2D eigenvalue weighted by Gasteiger charge is 2.28. The average molecular weight is 286 g/mol. The molecule has 2 nitrogen and oxygen atoms in total. The van der Waals surface area contributed by atoms with Gasteiger partial charge in [-0.1, -0.05) is 20.3 Å². The summed E-state index contributed by atoms with van der Waals surface area (Å²) in [5.41, 5.74) is 0.526. The SMILES string of the molecule is CCC(C)[C@@H](c1cc(F)c(F)c(F)c1)N1CCNCC1. The van der Waals surface area contributed by atoms with Crippen LogP contribution in [0.2, 0.25) is 0 Å². The number of nitrogens with one attached hydrogen (secondary N) is 1. The molecule has 0 spiro atoms. The topological polar surface area (TPSA) is 15.3 Å². The highest BCUT2D eigenvalue weighted by molar-refractivity contribution is 5.23. The van der Waals surface area contributed by atoms with E-state index in [1.807, 2.05) is 0 Å². The lowest BCUT2D eigenvalue weighted by Gasteiger charge is -2.38. The van der Waals surface area contributed by atoms with Crippen LogP contribution in [0.4, 0.5) is 13.2 Å². The summed E-state index contributed by atoms with van der Waals surface area (Å²) in [5, 5.41) is 3.26. The second kappa shape index (κ2) is 6.59. The minimum atomic E-state index is -1.39. The van der Waals surface area contributed by atoms with Gasteiger partial charge >= 0.3 is 0 Å². The van der Waals surface area contributed by atoms with Crippen molar-refractivity contribution in [3.63, 3.8) is 0 Å². The van der Waals surface area contributed by atoms with Gasteiger partial charge in [0.2, 0.25) is 0 Å². The summed E-state index contributed by atoms with van der Waals surface area (Å²) in [7, 11) is 0. The molecule has 1 aromatic rings. The van der Waals surface area contributed by atoms with E-state index in [1.54, 1.807) is 0 Å². The van der Waals surface area contributed by atoms with Crippen molar-refractivity contribution in [2.24, 2.45) is 5.92 Å². The Balaban J connectivity index is 2.35. The number of benzene rings is 1. The number of rotatable bonds is 4. The molecule has 0 radical (unpaired) electrons. The quantitative estimate of drug-likeness (QED) is 0.856. The van der Waals surface area contributed by atoms with E-state index in [1.165, 1.54) is 0 Å². The minimum absolute atomic E-state index is 0.0771. The number of halogens is 3. The van der Waals surface area contributed by atoms with E-state index in [0.717, 1.165) is 44.7 Å². The smallest absolute Gasteiger partial charge is 0.194 e. The molecule has 1 heterocycles. The van der Waals surface area contributed by atoms with Crippen molar-refractivity contribution in [1.82, 2.24) is 10.2 Å². The normalized spacial score (nSPS) is 19.9. The van der Waals surface area contributed by atoms with Crippen LogP contribution in [0, 0.1) is 23.4 Å². The molecule has 0 amide bonds. The molecule has 112 valence electrons. The summed E-state index contributed by atoms with van der Waals surface area (Å²) < 4.78 is 40.1. The van der Waals surface area contributed by atoms with Crippen LogP contribution >= 0.6 is 0 Å². The van der Waals surface area contributed by atoms with Crippen molar-refractivity contribution in [2.45, 2.75) is 26.3 Å². The van der Waals surface area contributed by atoms with Crippen molar-refractivity contribution in [2.75, 3.05) is 26.2 Å². The molecule has 1 aliphatic heterocycles. The lowest BCUT2D eigenvalue weighted by Crippen LogP contribution is -2.46. The predicted octanol–water partition coefficient (Wildman–Crippen LogP) is 3.10. The maximum atomic E-state index is 13.5. The van der Waals surface area contributed by atoms with Gasteiger partial charge in [-0.25, -0.2) is 13.2 Å². The highest BCUT2D eigenvalue weighted by Crippen LogP contribution is 2.32. The molecular formula is C15H21F3N2. The fraction of sp³-hybridized carbons (Fsp3) is 0.600. The van der Waals surface area contributed by atoms with Gasteiger partial charge in [0, 0.05) is 32.2 Å². The number of piperazine rings is 1. The zero-order valence-electron chi connectivity index (χ0n) is 11.9. The summed E-state index contributed by atoms with van der Waals surface area (Å²) in [6.45, 7) is 7.49. The Hall–Kier alpha value is -1.07. The maximum Gasteiger partial charge on any atom is 0.194 e. The first-order valence-electron chi connectivity index (χ1n) is 7.13. The standard InChI is InChI=1S/C15H21F3N2/c1-3-10(2)15(20-6-4-19-5-7-20)11-8-12(16)14(18)13(17)9-11/h8-10,15,19H,3-7H2,1-2H3/t10?,15-/m0/s1.